The van der Waals surface area contributed by atoms with Gasteiger partial charge in [0, 0.05) is 9.43 Å². The number of fused-ring (bicyclic) bond motifs is 1. The summed E-state index contributed by atoms with van der Waals surface area (Å²) < 4.78 is 52.1. The first-order valence-corrected chi connectivity index (χ1v) is 6.69. The lowest BCUT2D eigenvalue weighted by molar-refractivity contribution is 0.0905. The fourth-order valence-corrected chi connectivity index (χ4v) is 2.95. The van der Waals surface area contributed by atoms with Gasteiger partial charge in [0.2, 0.25) is 0 Å². The summed E-state index contributed by atoms with van der Waals surface area (Å²) >= 11 is 0.533. The van der Waals surface area contributed by atoms with Gasteiger partial charge in [-0.25, -0.2) is 13.4 Å². The number of rotatable bonds is 3. The fourth-order valence-electron chi connectivity index (χ4n) is 1.21. The lowest BCUT2D eigenvalue weighted by Crippen LogP contribution is -2.23. The number of hydrogen-bond acceptors (Lipinski definition) is 4. The second-order valence-electron chi connectivity index (χ2n) is 3.15. The Labute approximate surface area is 104 Å². The SMILES string of the molecule is [N-]=[N+]=NS(=O)(=O)C(F)(F)c1nc2ccccc2s1. The first-order chi connectivity index (χ1) is 8.38. The number of azide groups is 1. The van der Waals surface area contributed by atoms with Gasteiger partial charge >= 0.3 is 15.3 Å². The van der Waals surface area contributed by atoms with E-state index in [1.54, 1.807) is 12.1 Å². The van der Waals surface area contributed by atoms with E-state index in [1.807, 2.05) is 4.91 Å². The van der Waals surface area contributed by atoms with Crippen LogP contribution in [0.3, 0.4) is 0 Å². The smallest absolute Gasteiger partial charge is 0.234 e. The second-order valence-corrected chi connectivity index (χ2v) is 5.81. The van der Waals surface area contributed by atoms with E-state index in [4.69, 9.17) is 5.53 Å². The molecule has 0 saturated heterocycles. The topological polar surface area (TPSA) is 95.8 Å². The van der Waals surface area contributed by atoms with Crippen LogP contribution in [0.1, 0.15) is 5.01 Å². The number of alkyl halides is 2. The van der Waals surface area contributed by atoms with Gasteiger partial charge in [0.1, 0.15) is 0 Å². The van der Waals surface area contributed by atoms with Crippen LogP contribution >= 0.6 is 11.3 Å². The van der Waals surface area contributed by atoms with Crippen molar-refractivity contribution in [2.45, 2.75) is 5.25 Å². The lowest BCUT2D eigenvalue weighted by Gasteiger charge is -2.09. The highest BCUT2D eigenvalue weighted by atomic mass is 32.2. The second kappa shape index (κ2) is 4.16. The summed E-state index contributed by atoms with van der Waals surface area (Å²) in [6.07, 6.45) is 0. The van der Waals surface area contributed by atoms with Crippen LogP contribution in [-0.4, -0.2) is 13.4 Å². The van der Waals surface area contributed by atoms with Crippen LogP contribution in [0.4, 0.5) is 8.78 Å². The molecule has 18 heavy (non-hydrogen) atoms. The molecule has 2 aromatic rings. The van der Waals surface area contributed by atoms with Crippen molar-refractivity contribution in [3.8, 4) is 0 Å². The van der Waals surface area contributed by atoms with E-state index < -0.39 is 20.3 Å². The number of para-hydroxylation sites is 1. The largest absolute Gasteiger partial charge is 0.403 e. The van der Waals surface area contributed by atoms with Gasteiger partial charge < -0.3 is 0 Å². The summed E-state index contributed by atoms with van der Waals surface area (Å²) in [5.74, 6) is 0. The highest BCUT2D eigenvalue weighted by molar-refractivity contribution is 7.90. The molecule has 6 nitrogen and oxygen atoms in total. The van der Waals surface area contributed by atoms with E-state index in [0.29, 0.717) is 16.0 Å². The Kier molecular flexibility index (Phi) is 2.93. The maximum atomic E-state index is 13.7. The molecule has 0 atom stereocenters. The van der Waals surface area contributed by atoms with Crippen LogP contribution < -0.4 is 0 Å². The molecule has 0 fully saturated rings. The Bertz CT molecular complexity index is 716. The first-order valence-electron chi connectivity index (χ1n) is 4.43. The number of aromatic nitrogens is 1. The third-order valence-electron chi connectivity index (χ3n) is 2.01. The minimum atomic E-state index is -5.29. The molecule has 0 unspecified atom stereocenters. The van der Waals surface area contributed by atoms with Crippen molar-refractivity contribution in [2.24, 2.45) is 4.52 Å². The van der Waals surface area contributed by atoms with Crippen LogP contribution in [0, 0.1) is 0 Å². The van der Waals surface area contributed by atoms with Crippen molar-refractivity contribution in [3.63, 3.8) is 0 Å². The number of thiazole rings is 1. The molecule has 1 heterocycles. The van der Waals surface area contributed by atoms with E-state index in [2.05, 4.69) is 9.50 Å². The van der Waals surface area contributed by atoms with Crippen molar-refractivity contribution < 1.29 is 17.2 Å². The Morgan fingerprint density at radius 2 is 2.06 bits per heavy atom. The van der Waals surface area contributed by atoms with Crippen molar-refractivity contribution in [3.05, 3.63) is 39.7 Å². The molecule has 10 heteroatoms. The van der Waals surface area contributed by atoms with E-state index in [-0.39, 0.29) is 5.52 Å². The normalized spacial score (nSPS) is 12.3. The Morgan fingerprint density at radius 3 is 2.67 bits per heavy atom. The zero-order chi connectivity index (χ0) is 13.4. The average molecular weight is 290 g/mol. The van der Waals surface area contributed by atoms with Gasteiger partial charge in [-0.2, -0.15) is 8.78 Å². The van der Waals surface area contributed by atoms with Gasteiger partial charge in [-0.15, -0.1) is 11.3 Å². The van der Waals surface area contributed by atoms with E-state index in [0.717, 1.165) is 0 Å². The predicted octanol–water partition coefficient (Wildman–Crippen LogP) is 2.99. The maximum Gasteiger partial charge on any atom is 0.403 e. The quantitative estimate of drug-likeness (QED) is 0.493. The van der Waals surface area contributed by atoms with Crippen molar-refractivity contribution in [1.82, 2.24) is 4.98 Å². The number of benzene rings is 1. The van der Waals surface area contributed by atoms with Crippen LogP contribution in [0.25, 0.3) is 20.7 Å². The van der Waals surface area contributed by atoms with Crippen molar-refractivity contribution >= 4 is 31.6 Å². The molecule has 0 saturated carbocycles. The Morgan fingerprint density at radius 1 is 1.39 bits per heavy atom. The molecule has 0 bridgehead atoms. The summed E-state index contributed by atoms with van der Waals surface area (Å²) in [5.41, 5.74) is 8.24. The minimum absolute atomic E-state index is 0.258. The van der Waals surface area contributed by atoms with E-state index in [1.165, 1.54) is 12.1 Å². The lowest BCUT2D eigenvalue weighted by atomic mass is 10.3. The molecule has 2 rings (SSSR count). The molecule has 0 N–H and O–H groups in total. The standard InChI is InChI=1S/C8H4F2N4O2S2/c9-8(10,18(15,16)14-13-11)7-12-5-3-1-2-4-6(5)17-7/h1-4H. The summed E-state index contributed by atoms with van der Waals surface area (Å²) in [4.78, 5) is 5.43. The molecule has 0 spiro atoms. The molecule has 0 aliphatic rings. The summed E-state index contributed by atoms with van der Waals surface area (Å²) in [6, 6.07) is 6.22. The van der Waals surface area contributed by atoms with Gasteiger partial charge in [0.25, 0.3) is 0 Å². The molecule has 0 aliphatic heterocycles. The Hall–Kier alpha value is -1.77. The van der Waals surface area contributed by atoms with Crippen LogP contribution in [-0.2, 0) is 15.3 Å². The monoisotopic (exact) mass is 290 g/mol. The van der Waals surface area contributed by atoms with Gasteiger partial charge in [0.15, 0.2) is 5.01 Å². The number of hydrogen-bond donors (Lipinski definition) is 0. The number of nitrogens with zero attached hydrogens (tertiary/aromatic N) is 4. The van der Waals surface area contributed by atoms with Crippen LogP contribution in [0.2, 0.25) is 0 Å². The molecule has 1 aromatic carbocycles. The third kappa shape index (κ3) is 1.90. The van der Waals surface area contributed by atoms with Gasteiger partial charge in [-0.3, -0.25) is 0 Å². The van der Waals surface area contributed by atoms with Crippen molar-refractivity contribution in [1.29, 1.82) is 0 Å². The number of sulfonamides is 1. The molecule has 0 radical (unpaired) electrons. The highest BCUT2D eigenvalue weighted by Crippen LogP contribution is 2.39. The van der Waals surface area contributed by atoms with Gasteiger partial charge in [-0.05, 0) is 17.7 Å². The summed E-state index contributed by atoms with van der Waals surface area (Å²) in [7, 11) is -5.29. The summed E-state index contributed by atoms with van der Waals surface area (Å²) in [6.45, 7) is 0. The zero-order valence-electron chi connectivity index (χ0n) is 8.49. The molecular formula is C8H4F2N4O2S2. The first kappa shape index (κ1) is 12.7. The molecule has 0 amide bonds. The molecule has 0 aliphatic carbocycles. The van der Waals surface area contributed by atoms with Crippen LogP contribution in [0.5, 0.6) is 0 Å². The maximum absolute atomic E-state index is 13.7. The minimum Gasteiger partial charge on any atom is -0.234 e. The summed E-state index contributed by atoms with van der Waals surface area (Å²) in [5, 5.41) is -5.25. The van der Waals surface area contributed by atoms with Gasteiger partial charge in [-0.1, -0.05) is 12.1 Å². The molecule has 1 aromatic heterocycles. The number of halogens is 2. The zero-order valence-corrected chi connectivity index (χ0v) is 10.1. The predicted molar refractivity (Wildman–Crippen MR) is 61.6 cm³/mol. The highest BCUT2D eigenvalue weighted by Gasteiger charge is 2.49. The van der Waals surface area contributed by atoms with Gasteiger partial charge in [0.05, 0.1) is 10.2 Å². The van der Waals surface area contributed by atoms with E-state index >= 15 is 0 Å². The third-order valence-corrected chi connectivity index (χ3v) is 4.38. The fraction of sp³-hybridized carbons (Fsp3) is 0.125. The van der Waals surface area contributed by atoms with E-state index in [9.17, 15) is 17.2 Å². The Balaban J connectivity index is 2.63. The average Bonchev–Trinajstić information content (AvgIpc) is 2.72. The van der Waals surface area contributed by atoms with Crippen molar-refractivity contribution in [2.75, 3.05) is 0 Å². The molecular weight excluding hydrogens is 286 g/mol. The van der Waals surface area contributed by atoms with Crippen LogP contribution in [0.15, 0.2) is 28.8 Å². The molecule has 94 valence electrons.